The van der Waals surface area contributed by atoms with Crippen molar-refractivity contribution in [3.63, 3.8) is 0 Å². The molecule has 8 heteroatoms. The number of ether oxygens (including phenoxy) is 2. The third-order valence-electron chi connectivity index (χ3n) is 6.55. The average Bonchev–Trinajstić information content (AvgIpc) is 3.27. The maximum atomic E-state index is 11.7. The van der Waals surface area contributed by atoms with Crippen LogP contribution in [0.3, 0.4) is 0 Å². The molecule has 1 amide bonds. The Balaban J connectivity index is 1.29. The Morgan fingerprint density at radius 2 is 1.94 bits per heavy atom. The molecule has 3 atom stereocenters. The first-order chi connectivity index (χ1) is 17.0. The normalized spacial score (nSPS) is 23.2. The second kappa shape index (κ2) is 10.2. The summed E-state index contributed by atoms with van der Waals surface area (Å²) in [6, 6.07) is 13.7. The van der Waals surface area contributed by atoms with Gasteiger partial charge < -0.3 is 13.9 Å². The molecule has 0 radical (unpaired) electrons. The van der Waals surface area contributed by atoms with Gasteiger partial charge in [0.15, 0.2) is 5.58 Å². The van der Waals surface area contributed by atoms with Gasteiger partial charge in [-0.15, -0.1) is 0 Å². The zero-order valence-electron chi connectivity index (χ0n) is 20.5. The maximum Gasteiger partial charge on any atom is 0.240 e. The van der Waals surface area contributed by atoms with Gasteiger partial charge in [-0.05, 0) is 50.6 Å². The van der Waals surface area contributed by atoms with Crippen molar-refractivity contribution in [3.8, 4) is 17.2 Å². The summed E-state index contributed by atoms with van der Waals surface area (Å²) in [7, 11) is 0. The van der Waals surface area contributed by atoms with E-state index in [-0.39, 0.29) is 24.0 Å². The summed E-state index contributed by atoms with van der Waals surface area (Å²) in [6.45, 7) is 9.61. The van der Waals surface area contributed by atoms with Gasteiger partial charge in [-0.25, -0.2) is 10.4 Å². The van der Waals surface area contributed by atoms with Gasteiger partial charge >= 0.3 is 0 Å². The van der Waals surface area contributed by atoms with Crippen LogP contribution in [0.25, 0.3) is 22.6 Å². The summed E-state index contributed by atoms with van der Waals surface area (Å²) in [6.07, 6.45) is 1.80. The summed E-state index contributed by atoms with van der Waals surface area (Å²) in [5, 5.41) is 4.31. The van der Waals surface area contributed by atoms with Gasteiger partial charge in [0.25, 0.3) is 0 Å². The molecule has 0 saturated carbocycles. The van der Waals surface area contributed by atoms with Crippen molar-refractivity contribution in [1.29, 1.82) is 0 Å². The average molecular weight is 477 g/mol. The first-order valence-electron chi connectivity index (χ1n) is 12.4. The van der Waals surface area contributed by atoms with Gasteiger partial charge in [-0.3, -0.25) is 9.69 Å². The second-order valence-electron chi connectivity index (χ2n) is 9.44. The SMILES string of the molecule is CCC1CC(=O)NN=C1c1ccc2nc(-c3cccc(OCCN4CC(C)OC(C)C4)c3)oc2c1. The number of aromatic nitrogens is 1. The number of hydrazone groups is 1. The summed E-state index contributed by atoms with van der Waals surface area (Å²) < 4.78 is 18.0. The van der Waals surface area contributed by atoms with Crippen molar-refractivity contribution >= 4 is 22.7 Å². The molecule has 0 aliphatic carbocycles. The maximum absolute atomic E-state index is 11.7. The monoisotopic (exact) mass is 476 g/mol. The topological polar surface area (TPSA) is 89.2 Å². The lowest BCUT2D eigenvalue weighted by atomic mass is 9.90. The van der Waals surface area contributed by atoms with Crippen LogP contribution in [-0.4, -0.2) is 60.0 Å². The van der Waals surface area contributed by atoms with Crippen LogP contribution in [0.4, 0.5) is 0 Å². The predicted molar refractivity (Wildman–Crippen MR) is 134 cm³/mol. The lowest BCUT2D eigenvalue weighted by Gasteiger charge is -2.35. The minimum Gasteiger partial charge on any atom is -0.492 e. The van der Waals surface area contributed by atoms with Crippen LogP contribution in [0.15, 0.2) is 52.0 Å². The van der Waals surface area contributed by atoms with Crippen LogP contribution >= 0.6 is 0 Å². The van der Waals surface area contributed by atoms with E-state index in [9.17, 15) is 4.79 Å². The van der Waals surface area contributed by atoms with Crippen LogP contribution in [0.2, 0.25) is 0 Å². The number of carbonyl (C=O) groups is 1. The highest BCUT2D eigenvalue weighted by Gasteiger charge is 2.25. The van der Waals surface area contributed by atoms with E-state index < -0.39 is 0 Å². The lowest BCUT2D eigenvalue weighted by Crippen LogP contribution is -2.46. The molecule has 5 rings (SSSR count). The Morgan fingerprint density at radius 1 is 1.11 bits per heavy atom. The summed E-state index contributed by atoms with van der Waals surface area (Å²) in [5.41, 5.74) is 6.75. The number of oxazole rings is 1. The van der Waals surface area contributed by atoms with E-state index in [4.69, 9.17) is 13.9 Å². The van der Waals surface area contributed by atoms with Crippen molar-refractivity contribution in [2.24, 2.45) is 11.0 Å². The zero-order valence-corrected chi connectivity index (χ0v) is 20.5. The van der Waals surface area contributed by atoms with Crippen LogP contribution < -0.4 is 10.2 Å². The van der Waals surface area contributed by atoms with E-state index in [2.05, 4.69) is 41.2 Å². The molecule has 1 aromatic heterocycles. The van der Waals surface area contributed by atoms with E-state index >= 15 is 0 Å². The Bertz CT molecular complexity index is 1230. The minimum atomic E-state index is -0.0419. The van der Waals surface area contributed by atoms with Crippen LogP contribution in [0.5, 0.6) is 5.75 Å². The fourth-order valence-corrected chi connectivity index (χ4v) is 4.90. The van der Waals surface area contributed by atoms with Gasteiger partial charge in [0, 0.05) is 43.1 Å². The lowest BCUT2D eigenvalue weighted by molar-refractivity contribution is -0.122. The van der Waals surface area contributed by atoms with Gasteiger partial charge in [-0.1, -0.05) is 19.1 Å². The van der Waals surface area contributed by atoms with E-state index in [1.54, 1.807) is 0 Å². The number of nitrogens with zero attached hydrogens (tertiary/aromatic N) is 3. The molecule has 2 aliphatic rings. The Hall–Kier alpha value is -3.23. The quantitative estimate of drug-likeness (QED) is 0.549. The van der Waals surface area contributed by atoms with Crippen molar-refractivity contribution < 1.29 is 18.7 Å². The van der Waals surface area contributed by atoms with Crippen molar-refractivity contribution in [1.82, 2.24) is 15.3 Å². The van der Waals surface area contributed by atoms with Gasteiger partial charge in [0.2, 0.25) is 11.8 Å². The molecular weight excluding hydrogens is 444 g/mol. The highest BCUT2D eigenvalue weighted by molar-refractivity contribution is 6.07. The summed E-state index contributed by atoms with van der Waals surface area (Å²) in [5.74, 6) is 1.39. The standard InChI is InChI=1S/C27H32N4O4/c1-4-19-14-25(32)29-30-26(19)20-8-9-23-24(13-20)35-27(28-23)21-6-5-7-22(12-21)33-11-10-31-15-17(2)34-18(3)16-31/h5-9,12-13,17-19H,4,10-11,14-16H2,1-3H3,(H,29,32). The van der Waals surface area contributed by atoms with Gasteiger partial charge in [0.05, 0.1) is 17.9 Å². The summed E-state index contributed by atoms with van der Waals surface area (Å²) in [4.78, 5) is 18.8. The van der Waals surface area contributed by atoms with Crippen LogP contribution in [-0.2, 0) is 9.53 Å². The fraction of sp³-hybridized carbons (Fsp3) is 0.444. The van der Waals surface area contributed by atoms with Crippen LogP contribution in [0, 0.1) is 5.92 Å². The van der Waals surface area contributed by atoms with Gasteiger partial charge in [-0.2, -0.15) is 5.10 Å². The third kappa shape index (κ3) is 5.39. The molecule has 35 heavy (non-hydrogen) atoms. The Morgan fingerprint density at radius 3 is 2.74 bits per heavy atom. The molecule has 2 aromatic carbocycles. The van der Waals surface area contributed by atoms with E-state index in [0.29, 0.717) is 24.5 Å². The molecule has 1 saturated heterocycles. The van der Waals surface area contributed by atoms with E-state index in [1.807, 2.05) is 42.5 Å². The molecule has 1 fully saturated rings. The molecular formula is C27H32N4O4. The molecule has 3 unspecified atom stereocenters. The number of hydrogen-bond donors (Lipinski definition) is 1. The third-order valence-corrected chi connectivity index (χ3v) is 6.55. The predicted octanol–water partition coefficient (Wildman–Crippen LogP) is 4.23. The second-order valence-corrected chi connectivity index (χ2v) is 9.44. The molecule has 3 heterocycles. The molecule has 1 N–H and O–H groups in total. The molecule has 184 valence electrons. The number of carbonyl (C=O) groups excluding carboxylic acids is 1. The van der Waals surface area contributed by atoms with E-state index in [1.165, 1.54) is 0 Å². The Labute approximate surface area is 205 Å². The number of nitrogens with one attached hydrogen (secondary N) is 1. The fourth-order valence-electron chi connectivity index (χ4n) is 4.90. The number of rotatable bonds is 7. The first-order valence-corrected chi connectivity index (χ1v) is 12.4. The highest BCUT2D eigenvalue weighted by Crippen LogP contribution is 2.29. The molecule has 0 spiro atoms. The Kier molecular flexibility index (Phi) is 6.83. The number of morpholine rings is 1. The minimum absolute atomic E-state index is 0.0419. The van der Waals surface area contributed by atoms with Crippen molar-refractivity contribution in [2.45, 2.75) is 45.8 Å². The largest absolute Gasteiger partial charge is 0.492 e. The highest BCUT2D eigenvalue weighted by atomic mass is 16.5. The van der Waals surface area contributed by atoms with Gasteiger partial charge in [0.1, 0.15) is 17.9 Å². The molecule has 3 aromatic rings. The first kappa shape index (κ1) is 23.5. The molecule has 8 nitrogen and oxygen atoms in total. The zero-order chi connectivity index (χ0) is 24.4. The number of fused-ring (bicyclic) bond motifs is 1. The van der Waals surface area contributed by atoms with Crippen molar-refractivity contribution in [2.75, 3.05) is 26.2 Å². The van der Waals surface area contributed by atoms with E-state index in [0.717, 1.165) is 54.2 Å². The number of amides is 1. The number of benzene rings is 2. The number of hydrogen-bond acceptors (Lipinski definition) is 7. The smallest absolute Gasteiger partial charge is 0.240 e. The molecule has 0 bridgehead atoms. The summed E-state index contributed by atoms with van der Waals surface area (Å²) >= 11 is 0. The van der Waals surface area contributed by atoms with Crippen molar-refractivity contribution in [3.05, 3.63) is 48.0 Å². The van der Waals surface area contributed by atoms with Crippen LogP contribution in [0.1, 0.15) is 39.2 Å². The molecule has 2 aliphatic heterocycles.